The van der Waals surface area contributed by atoms with E-state index in [1.807, 2.05) is 37.3 Å². The Balaban J connectivity index is 1.47. The molecular formula is C24H29ClN4O2. The summed E-state index contributed by atoms with van der Waals surface area (Å²) in [6.07, 6.45) is 7.49. The molecule has 31 heavy (non-hydrogen) atoms. The zero-order valence-corrected chi connectivity index (χ0v) is 18.8. The quantitative estimate of drug-likeness (QED) is 0.728. The van der Waals surface area contributed by atoms with Gasteiger partial charge in [0.05, 0.1) is 17.4 Å². The van der Waals surface area contributed by atoms with Crippen molar-refractivity contribution in [2.75, 3.05) is 5.32 Å². The number of nitrogens with zero attached hydrogens (tertiary/aromatic N) is 2. The number of carbonyl (C=O) groups is 1. The van der Waals surface area contributed by atoms with E-state index >= 15 is 0 Å². The average Bonchev–Trinajstić information content (AvgIpc) is 2.70. The highest BCUT2D eigenvalue weighted by Crippen LogP contribution is 2.60. The molecule has 1 aromatic heterocycles. The molecule has 1 aromatic carbocycles. The number of nitrogens with one attached hydrogen (secondary N) is 2. The zero-order chi connectivity index (χ0) is 21.8. The van der Waals surface area contributed by atoms with E-state index < -0.39 is 0 Å². The Hall–Kier alpha value is -2.34. The zero-order valence-electron chi connectivity index (χ0n) is 18.0. The Morgan fingerprint density at radius 2 is 1.87 bits per heavy atom. The standard InChI is InChI=1S/C24H29ClN4O2/c1-15(19-6-4-3-5-7-19)27-20-13-26-29(22(31)21(20)25)24-11-17-8-18(12-24)10-23(9-17,14-24)28-16(2)30/h3-7,13,15,17-18,27H,8-12,14H2,1-2H3,(H,28,30)/t15-,17-,18+,23?,24?/m0/s1. The summed E-state index contributed by atoms with van der Waals surface area (Å²) in [6, 6.07) is 10.0. The molecule has 164 valence electrons. The van der Waals surface area contributed by atoms with Crippen LogP contribution in [0.15, 0.2) is 41.3 Å². The van der Waals surface area contributed by atoms with E-state index in [-0.39, 0.29) is 33.6 Å². The normalized spacial score (nSPS) is 32.0. The third-order valence-corrected chi connectivity index (χ3v) is 7.88. The minimum Gasteiger partial charge on any atom is -0.376 e. The van der Waals surface area contributed by atoms with Crippen molar-refractivity contribution in [3.63, 3.8) is 0 Å². The van der Waals surface area contributed by atoms with Crippen molar-refractivity contribution in [1.29, 1.82) is 0 Å². The number of amides is 1. The fourth-order valence-electron chi connectivity index (χ4n) is 6.91. The highest BCUT2D eigenvalue weighted by molar-refractivity contribution is 6.32. The van der Waals surface area contributed by atoms with E-state index in [9.17, 15) is 9.59 Å². The molecule has 0 saturated heterocycles. The second kappa shape index (κ2) is 7.37. The maximum Gasteiger partial charge on any atom is 0.288 e. The smallest absolute Gasteiger partial charge is 0.288 e. The molecule has 1 heterocycles. The maximum absolute atomic E-state index is 13.4. The van der Waals surface area contributed by atoms with Gasteiger partial charge in [-0.05, 0) is 62.8 Å². The molecule has 0 radical (unpaired) electrons. The Morgan fingerprint density at radius 1 is 1.19 bits per heavy atom. The number of carbonyl (C=O) groups excluding carboxylic acids is 1. The molecule has 5 atom stereocenters. The van der Waals surface area contributed by atoms with Gasteiger partial charge in [-0.1, -0.05) is 41.9 Å². The topological polar surface area (TPSA) is 76.0 Å². The van der Waals surface area contributed by atoms with Crippen LogP contribution >= 0.6 is 11.6 Å². The van der Waals surface area contributed by atoms with Crippen molar-refractivity contribution < 1.29 is 4.79 Å². The molecule has 6 rings (SSSR count). The van der Waals surface area contributed by atoms with Gasteiger partial charge in [0.25, 0.3) is 5.56 Å². The fourth-order valence-corrected chi connectivity index (χ4v) is 7.09. The van der Waals surface area contributed by atoms with Crippen molar-refractivity contribution >= 4 is 23.2 Å². The molecule has 4 aliphatic carbocycles. The number of aromatic nitrogens is 2. The van der Waals surface area contributed by atoms with Crippen LogP contribution in [0.25, 0.3) is 0 Å². The highest BCUT2D eigenvalue weighted by atomic mass is 35.5. The summed E-state index contributed by atoms with van der Waals surface area (Å²) in [4.78, 5) is 25.3. The molecule has 6 nitrogen and oxygen atoms in total. The minimum absolute atomic E-state index is 0.00154. The van der Waals surface area contributed by atoms with E-state index in [0.717, 1.165) is 37.7 Å². The summed E-state index contributed by atoms with van der Waals surface area (Å²) in [6.45, 7) is 3.62. The summed E-state index contributed by atoms with van der Waals surface area (Å²) >= 11 is 6.58. The number of hydrogen-bond acceptors (Lipinski definition) is 4. The van der Waals surface area contributed by atoms with Crippen molar-refractivity contribution in [2.24, 2.45) is 11.8 Å². The van der Waals surface area contributed by atoms with Crippen molar-refractivity contribution in [2.45, 2.75) is 69.5 Å². The highest BCUT2D eigenvalue weighted by Gasteiger charge is 2.59. The van der Waals surface area contributed by atoms with Crippen LogP contribution in [-0.2, 0) is 10.3 Å². The predicted molar refractivity (Wildman–Crippen MR) is 121 cm³/mol. The third-order valence-electron chi connectivity index (χ3n) is 7.51. The maximum atomic E-state index is 13.4. The van der Waals surface area contributed by atoms with Gasteiger partial charge in [-0.25, -0.2) is 4.68 Å². The van der Waals surface area contributed by atoms with Gasteiger partial charge >= 0.3 is 0 Å². The predicted octanol–water partition coefficient (Wildman–Crippen LogP) is 4.25. The number of hydrogen-bond donors (Lipinski definition) is 2. The van der Waals surface area contributed by atoms with E-state index in [0.29, 0.717) is 17.5 Å². The Labute approximate surface area is 187 Å². The summed E-state index contributed by atoms with van der Waals surface area (Å²) in [5, 5.41) is 11.4. The first kappa shape index (κ1) is 20.6. The van der Waals surface area contributed by atoms with Gasteiger partial charge in [0.1, 0.15) is 5.02 Å². The van der Waals surface area contributed by atoms with E-state index in [1.54, 1.807) is 17.8 Å². The molecule has 4 fully saturated rings. The summed E-state index contributed by atoms with van der Waals surface area (Å²) in [7, 11) is 0. The first-order valence-electron chi connectivity index (χ1n) is 11.2. The molecule has 0 spiro atoms. The van der Waals surface area contributed by atoms with Gasteiger partial charge < -0.3 is 10.6 Å². The minimum atomic E-state index is -0.364. The largest absolute Gasteiger partial charge is 0.376 e. The van der Waals surface area contributed by atoms with Gasteiger partial charge in [-0.2, -0.15) is 5.10 Å². The van der Waals surface area contributed by atoms with Crippen LogP contribution in [0.1, 0.15) is 64.0 Å². The van der Waals surface area contributed by atoms with Crippen LogP contribution in [0.4, 0.5) is 5.69 Å². The van der Waals surface area contributed by atoms with Gasteiger partial charge in [-0.3, -0.25) is 9.59 Å². The fraction of sp³-hybridized carbons (Fsp3) is 0.542. The van der Waals surface area contributed by atoms with E-state index in [1.165, 1.54) is 6.42 Å². The molecular weight excluding hydrogens is 412 g/mol. The lowest BCUT2D eigenvalue weighted by Gasteiger charge is -2.61. The number of halogens is 1. The van der Waals surface area contributed by atoms with Crippen molar-refractivity contribution in [3.05, 3.63) is 57.5 Å². The van der Waals surface area contributed by atoms with E-state index in [2.05, 4.69) is 15.7 Å². The molecule has 4 aliphatic rings. The Kier molecular flexibility index (Phi) is 4.88. The Morgan fingerprint density at radius 3 is 2.52 bits per heavy atom. The van der Waals surface area contributed by atoms with Crippen molar-refractivity contribution in [1.82, 2.24) is 15.1 Å². The molecule has 4 bridgehead atoms. The lowest BCUT2D eigenvalue weighted by Crippen LogP contribution is -2.67. The molecule has 2 aromatic rings. The van der Waals surface area contributed by atoms with Crippen LogP contribution in [0.2, 0.25) is 5.02 Å². The van der Waals surface area contributed by atoms with Crippen LogP contribution in [0.3, 0.4) is 0 Å². The lowest BCUT2D eigenvalue weighted by molar-refractivity contribution is -0.128. The van der Waals surface area contributed by atoms with Gasteiger partial charge in [-0.15, -0.1) is 0 Å². The monoisotopic (exact) mass is 440 g/mol. The first-order valence-corrected chi connectivity index (χ1v) is 11.6. The Bertz CT molecular complexity index is 1050. The molecule has 7 heteroatoms. The number of anilines is 1. The molecule has 1 amide bonds. The average molecular weight is 441 g/mol. The molecule has 0 aliphatic heterocycles. The van der Waals surface area contributed by atoms with Gasteiger partial charge in [0.2, 0.25) is 5.91 Å². The second-order valence-corrected chi connectivity index (χ2v) is 10.4. The second-order valence-electron chi connectivity index (χ2n) is 10.0. The number of rotatable bonds is 5. The van der Waals surface area contributed by atoms with Crippen molar-refractivity contribution in [3.8, 4) is 0 Å². The van der Waals surface area contributed by atoms with Crippen LogP contribution in [-0.4, -0.2) is 21.2 Å². The van der Waals surface area contributed by atoms with Gasteiger partial charge in [0, 0.05) is 18.5 Å². The lowest BCUT2D eigenvalue weighted by atomic mass is 9.50. The van der Waals surface area contributed by atoms with Gasteiger partial charge in [0.15, 0.2) is 0 Å². The molecule has 4 saturated carbocycles. The molecule has 2 N–H and O–H groups in total. The van der Waals surface area contributed by atoms with Crippen LogP contribution in [0.5, 0.6) is 0 Å². The summed E-state index contributed by atoms with van der Waals surface area (Å²) < 4.78 is 1.64. The third kappa shape index (κ3) is 3.55. The SMILES string of the molecule is CC(=O)NC12C[C@H]3C[C@@H](C1)CC(n1ncc(N[C@@H](C)c4ccccc4)c(Cl)c1=O)(C3)C2. The molecule has 2 unspecified atom stereocenters. The first-order chi connectivity index (χ1) is 14.8. The van der Waals surface area contributed by atoms with E-state index in [4.69, 9.17) is 11.6 Å². The van der Waals surface area contributed by atoms with Crippen LogP contribution < -0.4 is 16.2 Å². The summed E-state index contributed by atoms with van der Waals surface area (Å²) in [5.41, 5.74) is 0.840. The number of benzene rings is 1. The summed E-state index contributed by atoms with van der Waals surface area (Å²) in [5.74, 6) is 1.03. The van der Waals surface area contributed by atoms with Crippen LogP contribution in [0, 0.1) is 11.8 Å².